The number of H-pyrrole nitrogens is 1. The molecule has 0 aliphatic heterocycles. The van der Waals surface area contributed by atoms with Gasteiger partial charge in [-0.05, 0) is 182 Å². The van der Waals surface area contributed by atoms with Gasteiger partial charge in [-0.25, -0.2) is 0 Å². The second-order valence-electron chi connectivity index (χ2n) is 24.6. The van der Waals surface area contributed by atoms with Crippen molar-refractivity contribution in [1.29, 1.82) is 0 Å². The number of aromatic nitrogens is 1. The predicted molar refractivity (Wildman–Crippen MR) is 384 cm³/mol. The van der Waals surface area contributed by atoms with Crippen LogP contribution in [0, 0.1) is 0 Å². The van der Waals surface area contributed by atoms with Crippen LogP contribution in [0.3, 0.4) is 0 Å². The first-order valence-corrected chi connectivity index (χ1v) is 31.3. The third kappa shape index (κ3) is 7.80. The van der Waals surface area contributed by atoms with Crippen LogP contribution >= 0.6 is 0 Å². The number of fused-ring (bicyclic) bond motifs is 14. The second kappa shape index (κ2) is 20.1. The number of furan rings is 2. The number of phenols is 5. The van der Waals surface area contributed by atoms with Crippen molar-refractivity contribution in [2.45, 2.75) is 0 Å². The Hall–Kier alpha value is -12.8. The smallest absolute Gasteiger partial charge is 0.208 e. The van der Waals surface area contributed by atoms with E-state index in [1.807, 2.05) is 66.7 Å². The van der Waals surface area contributed by atoms with E-state index in [0.717, 1.165) is 164 Å². The van der Waals surface area contributed by atoms with E-state index >= 15 is 0 Å². The number of rotatable bonds is 7. The lowest BCUT2D eigenvalue weighted by Crippen LogP contribution is -1.93. The lowest BCUT2D eigenvalue weighted by Gasteiger charge is -2.21. The van der Waals surface area contributed by atoms with Gasteiger partial charge in [-0.1, -0.05) is 206 Å². The largest absolute Gasteiger partial charge is 0.504 e. The van der Waals surface area contributed by atoms with Crippen LogP contribution in [0.25, 0.3) is 197 Å². The molecule has 3 aromatic heterocycles. The highest BCUT2D eigenvalue weighted by Crippen LogP contribution is 2.58. The van der Waals surface area contributed by atoms with Crippen molar-refractivity contribution in [1.82, 2.24) is 4.98 Å². The van der Waals surface area contributed by atoms with Crippen molar-refractivity contribution in [2.75, 3.05) is 0 Å². The number of benzene rings is 16. The zero-order chi connectivity index (χ0) is 62.6. The van der Waals surface area contributed by atoms with Gasteiger partial charge >= 0.3 is 0 Å². The maximum Gasteiger partial charge on any atom is 0.208 e. The third-order valence-corrected chi connectivity index (χ3v) is 19.5. The zero-order valence-electron chi connectivity index (χ0n) is 50.0. The van der Waals surface area contributed by atoms with Crippen LogP contribution in [0.4, 0.5) is 0 Å². The summed E-state index contributed by atoms with van der Waals surface area (Å²) in [6.45, 7) is 0. The molecule has 3 heterocycles. The molecule has 94 heavy (non-hydrogen) atoms. The highest BCUT2D eigenvalue weighted by Gasteiger charge is 2.29. The van der Waals surface area contributed by atoms with E-state index in [9.17, 15) is 25.5 Å². The van der Waals surface area contributed by atoms with E-state index in [1.165, 1.54) is 5.56 Å². The summed E-state index contributed by atoms with van der Waals surface area (Å²) in [6.07, 6.45) is 0. The molecule has 16 aromatic carbocycles. The van der Waals surface area contributed by atoms with Gasteiger partial charge < -0.3 is 39.4 Å². The molecule has 0 spiro atoms. The fourth-order valence-electron chi connectivity index (χ4n) is 15.2. The summed E-state index contributed by atoms with van der Waals surface area (Å²) in [5.41, 5.74) is 17.9. The maximum absolute atomic E-state index is 11.6. The number of nitrogens with one attached hydrogen (secondary N) is 1. The van der Waals surface area contributed by atoms with Gasteiger partial charge in [0.15, 0.2) is 11.5 Å². The average Bonchev–Trinajstić information content (AvgIpc) is 0.776. The van der Waals surface area contributed by atoms with Crippen LogP contribution in [0.15, 0.2) is 282 Å². The molecule has 0 radical (unpaired) electrons. The Kier molecular flexibility index (Phi) is 11.4. The van der Waals surface area contributed by atoms with Gasteiger partial charge in [0.25, 0.3) is 0 Å². The molecule has 0 amide bonds. The molecule has 6 N–H and O–H groups in total. The van der Waals surface area contributed by atoms with Crippen molar-refractivity contribution in [3.8, 4) is 107 Å². The van der Waals surface area contributed by atoms with Crippen molar-refractivity contribution in [2.24, 2.45) is 0 Å². The molecule has 8 nitrogen and oxygen atoms in total. The number of aromatic amines is 1. The van der Waals surface area contributed by atoms with E-state index < -0.39 is 28.7 Å². The van der Waals surface area contributed by atoms with Gasteiger partial charge in [0, 0.05) is 49.0 Å². The van der Waals surface area contributed by atoms with Crippen molar-refractivity contribution < 1.29 is 34.4 Å². The van der Waals surface area contributed by atoms with Crippen LogP contribution in [-0.4, -0.2) is 30.5 Å². The lowest BCUT2D eigenvalue weighted by atomic mass is 9.83. The Morgan fingerprint density at radius 3 is 1.27 bits per heavy atom. The topological polar surface area (TPSA) is 143 Å². The second-order valence-corrected chi connectivity index (χ2v) is 24.6. The summed E-state index contributed by atoms with van der Waals surface area (Å²) in [5.74, 6) is -4.45. The molecule has 0 aliphatic carbocycles. The van der Waals surface area contributed by atoms with Gasteiger partial charge in [0.2, 0.25) is 17.2 Å². The van der Waals surface area contributed by atoms with E-state index in [0.29, 0.717) is 21.9 Å². The summed E-state index contributed by atoms with van der Waals surface area (Å²) in [7, 11) is 0. The molecule has 0 saturated heterocycles. The lowest BCUT2D eigenvalue weighted by molar-refractivity contribution is 0.330. The summed E-state index contributed by atoms with van der Waals surface area (Å²) < 4.78 is 13.5. The third-order valence-electron chi connectivity index (χ3n) is 19.5. The number of aromatic hydroxyl groups is 5. The minimum absolute atomic E-state index is 0.216. The molecular formula is C86H51NO7. The van der Waals surface area contributed by atoms with Gasteiger partial charge in [0.1, 0.15) is 22.3 Å². The van der Waals surface area contributed by atoms with Crippen molar-refractivity contribution >= 4 is 120 Å². The molecule has 0 atom stereocenters. The van der Waals surface area contributed by atoms with Crippen LogP contribution in [-0.2, 0) is 0 Å². The monoisotopic (exact) mass is 1210 g/mol. The molecule has 0 aliphatic rings. The minimum Gasteiger partial charge on any atom is -0.504 e. The predicted octanol–water partition coefficient (Wildman–Crippen LogP) is 23.1. The Bertz CT molecular complexity index is 6450. The highest BCUT2D eigenvalue weighted by molar-refractivity contribution is 6.26. The van der Waals surface area contributed by atoms with Crippen molar-refractivity contribution in [3.05, 3.63) is 273 Å². The zero-order valence-corrected chi connectivity index (χ0v) is 50.0. The summed E-state index contributed by atoms with van der Waals surface area (Å²) in [6, 6.07) is 95.5. The molecular weight excluding hydrogens is 1160 g/mol. The van der Waals surface area contributed by atoms with Crippen LogP contribution in [0.1, 0.15) is 0 Å². The number of phenolic OH excluding ortho intramolecular Hbond substituents is 5. The van der Waals surface area contributed by atoms with E-state index in [1.54, 1.807) is 0 Å². The summed E-state index contributed by atoms with van der Waals surface area (Å²) in [4.78, 5) is 3.86. The van der Waals surface area contributed by atoms with Crippen LogP contribution in [0.5, 0.6) is 28.7 Å². The SMILES string of the molecule is Oc1c(O)c(O)c(-c2c3ccccc3c(-c3ccc4c(c3)oc3cc(-c5cccc6c5[nH]c5ccc(-c7c8ccccc8c(-c8ccc9c(c8)oc8ccccc89)c8cc(-c9ccccc9)ccc78)cc56)ccc34)c3cc(-c4cccc5ccccc45)ccc23)c(O)c1O. The van der Waals surface area contributed by atoms with Crippen LogP contribution < -0.4 is 0 Å². The number of para-hydroxylation sites is 2. The van der Waals surface area contributed by atoms with Gasteiger partial charge in [-0.15, -0.1) is 0 Å². The van der Waals surface area contributed by atoms with Gasteiger partial charge in [-0.2, -0.15) is 0 Å². The quantitative estimate of drug-likeness (QED) is 0.0530. The standard InChI is InChI=1S/C86H51NO7/c88-82-80(83(89)85(91)86(92)84(82)90)79-64-23-9-8-22-63(64)78(70-41-49(30-38-66(70)79)55-24-12-17-47-16-4-5-18-54(47)55)53-32-36-60-59-34-29-50(43-73(59)94-75(60)45-53)56-25-13-26-67-68-42-51(33-39-71(68)87-81(56)67)76-61-20-6-7-21-62(61)77(69-40-48(28-37-65(69)76)46-14-2-1-3-15-46)52-31-35-58-57-19-10-11-27-72(57)93-74(58)44-52/h1-45,87-92H. The normalized spacial score (nSPS) is 12.0. The van der Waals surface area contributed by atoms with E-state index in [-0.39, 0.29) is 5.56 Å². The maximum atomic E-state index is 11.6. The van der Waals surface area contributed by atoms with Crippen LogP contribution in [0.2, 0.25) is 0 Å². The molecule has 0 unspecified atom stereocenters. The highest BCUT2D eigenvalue weighted by atomic mass is 16.4. The molecule has 19 aromatic rings. The number of hydrogen-bond acceptors (Lipinski definition) is 7. The summed E-state index contributed by atoms with van der Waals surface area (Å²) in [5, 5.41) is 71.5. The first-order chi connectivity index (χ1) is 46.2. The molecule has 0 bridgehead atoms. The Morgan fingerprint density at radius 2 is 0.606 bits per heavy atom. The van der Waals surface area contributed by atoms with E-state index in [2.05, 4.69) is 211 Å². The van der Waals surface area contributed by atoms with Gasteiger partial charge in [0.05, 0.1) is 11.1 Å². The molecule has 0 fully saturated rings. The minimum atomic E-state index is -1.02. The summed E-state index contributed by atoms with van der Waals surface area (Å²) >= 11 is 0. The molecule has 442 valence electrons. The van der Waals surface area contributed by atoms with Gasteiger partial charge in [-0.3, -0.25) is 0 Å². The molecule has 19 rings (SSSR count). The van der Waals surface area contributed by atoms with E-state index in [4.69, 9.17) is 8.83 Å². The fourth-order valence-corrected chi connectivity index (χ4v) is 15.2. The average molecular weight is 1210 g/mol. The Labute approximate surface area is 535 Å². The molecule has 8 heteroatoms. The number of hydrogen-bond donors (Lipinski definition) is 6. The Morgan fingerprint density at radius 1 is 0.213 bits per heavy atom. The fraction of sp³-hybridized carbons (Fsp3) is 0. The van der Waals surface area contributed by atoms with Crippen molar-refractivity contribution in [3.63, 3.8) is 0 Å². The first-order valence-electron chi connectivity index (χ1n) is 31.3. The first kappa shape index (κ1) is 53.1. The Balaban J connectivity index is 0.751. The molecule has 0 saturated carbocycles.